The van der Waals surface area contributed by atoms with Gasteiger partial charge in [-0.15, -0.1) is 11.3 Å². The van der Waals surface area contributed by atoms with Crippen LogP contribution in [0.1, 0.15) is 26.4 Å². The number of aromatic carboxylic acids is 1. The maximum atomic E-state index is 11.1. The van der Waals surface area contributed by atoms with Crippen LogP contribution in [-0.4, -0.2) is 11.1 Å². The number of carboxylic acid groups (broad SMARTS) is 1. The topological polar surface area (TPSA) is 37.3 Å². The van der Waals surface area contributed by atoms with Crippen LogP contribution in [0.2, 0.25) is 0 Å². The van der Waals surface area contributed by atoms with Crippen LogP contribution in [0.15, 0.2) is 24.3 Å². The third-order valence-corrected chi connectivity index (χ3v) is 3.84. The number of benzene rings is 1. The average Bonchev–Trinajstić information content (AvgIpc) is 2.64. The van der Waals surface area contributed by atoms with E-state index >= 15 is 0 Å². The summed E-state index contributed by atoms with van der Waals surface area (Å²) in [4.78, 5) is 13.5. The number of rotatable bonds is 2. The van der Waals surface area contributed by atoms with Crippen LogP contribution >= 0.6 is 11.3 Å². The van der Waals surface area contributed by atoms with Crippen molar-refractivity contribution in [2.24, 2.45) is 0 Å². The lowest BCUT2D eigenvalue weighted by molar-refractivity contribution is 0.0696. The van der Waals surface area contributed by atoms with Crippen molar-refractivity contribution in [2.75, 3.05) is 0 Å². The quantitative estimate of drug-likeness (QED) is 0.868. The molecule has 0 aliphatic heterocycles. The van der Waals surface area contributed by atoms with E-state index in [9.17, 15) is 4.79 Å². The molecular weight excluding hydrogens is 232 g/mol. The molecule has 0 saturated carbocycles. The summed E-state index contributed by atoms with van der Waals surface area (Å²) in [6.07, 6.45) is 0. The van der Waals surface area contributed by atoms with Gasteiger partial charge in [0.1, 0.15) is 0 Å². The molecule has 0 bridgehead atoms. The van der Waals surface area contributed by atoms with Crippen LogP contribution in [0.4, 0.5) is 0 Å². The standard InChI is InChI=1S/C14H14O2S/c1-8-6-9(2)12(14(15)16)7-11(8)13-5-4-10(3)17-13/h4-7H,1-3H3,(H,15,16). The summed E-state index contributed by atoms with van der Waals surface area (Å²) in [7, 11) is 0. The van der Waals surface area contributed by atoms with Crippen molar-refractivity contribution in [1.29, 1.82) is 0 Å². The number of aryl methyl sites for hydroxylation is 3. The van der Waals surface area contributed by atoms with Crippen LogP contribution < -0.4 is 0 Å². The van der Waals surface area contributed by atoms with Gasteiger partial charge in [0.15, 0.2) is 0 Å². The Hall–Kier alpha value is -1.61. The second-order valence-corrected chi connectivity index (χ2v) is 5.49. The second-order valence-electron chi connectivity index (χ2n) is 4.20. The van der Waals surface area contributed by atoms with E-state index in [1.807, 2.05) is 26.0 Å². The van der Waals surface area contributed by atoms with E-state index in [-0.39, 0.29) is 0 Å². The summed E-state index contributed by atoms with van der Waals surface area (Å²) in [5, 5.41) is 9.14. The molecule has 2 rings (SSSR count). The Balaban J connectivity index is 2.62. The van der Waals surface area contributed by atoms with E-state index in [0.29, 0.717) is 5.56 Å². The van der Waals surface area contributed by atoms with E-state index in [1.54, 1.807) is 17.4 Å². The van der Waals surface area contributed by atoms with Crippen molar-refractivity contribution in [3.05, 3.63) is 45.8 Å². The molecule has 1 N–H and O–H groups in total. The van der Waals surface area contributed by atoms with Crippen LogP contribution in [-0.2, 0) is 0 Å². The molecule has 2 nitrogen and oxygen atoms in total. The number of carbonyl (C=O) groups is 1. The summed E-state index contributed by atoms with van der Waals surface area (Å²) in [5.41, 5.74) is 3.34. The highest BCUT2D eigenvalue weighted by atomic mass is 32.1. The van der Waals surface area contributed by atoms with E-state index in [1.165, 1.54) is 4.88 Å². The minimum Gasteiger partial charge on any atom is -0.478 e. The van der Waals surface area contributed by atoms with Crippen LogP contribution in [0.3, 0.4) is 0 Å². The van der Waals surface area contributed by atoms with Gasteiger partial charge in [-0.3, -0.25) is 0 Å². The minimum atomic E-state index is -0.864. The predicted octanol–water partition coefficient (Wildman–Crippen LogP) is 4.04. The van der Waals surface area contributed by atoms with Crippen molar-refractivity contribution < 1.29 is 9.90 Å². The molecule has 88 valence electrons. The van der Waals surface area contributed by atoms with Crippen molar-refractivity contribution in [3.63, 3.8) is 0 Å². The van der Waals surface area contributed by atoms with Gasteiger partial charge in [-0.1, -0.05) is 6.07 Å². The minimum absolute atomic E-state index is 0.386. The Bertz CT molecular complexity index is 582. The fourth-order valence-corrected chi connectivity index (χ4v) is 2.88. The van der Waals surface area contributed by atoms with Crippen molar-refractivity contribution in [1.82, 2.24) is 0 Å². The molecule has 0 atom stereocenters. The van der Waals surface area contributed by atoms with Gasteiger partial charge in [-0.05, 0) is 55.7 Å². The summed E-state index contributed by atoms with van der Waals surface area (Å²) >= 11 is 1.69. The van der Waals surface area contributed by atoms with Crippen molar-refractivity contribution in [2.45, 2.75) is 20.8 Å². The molecule has 17 heavy (non-hydrogen) atoms. The van der Waals surface area contributed by atoms with Crippen LogP contribution in [0, 0.1) is 20.8 Å². The molecule has 0 aliphatic rings. The summed E-state index contributed by atoms with van der Waals surface area (Å²) in [6.45, 7) is 5.90. The molecule has 0 fully saturated rings. The Morgan fingerprint density at radius 3 is 2.35 bits per heavy atom. The SMILES string of the molecule is Cc1ccc(-c2cc(C(=O)O)c(C)cc2C)s1. The molecule has 1 aromatic heterocycles. The Kier molecular flexibility index (Phi) is 3.03. The first-order chi connectivity index (χ1) is 7.99. The van der Waals surface area contributed by atoms with Gasteiger partial charge >= 0.3 is 5.97 Å². The summed E-state index contributed by atoms with van der Waals surface area (Å²) < 4.78 is 0. The van der Waals surface area contributed by atoms with E-state index in [2.05, 4.69) is 13.0 Å². The molecule has 1 aromatic carbocycles. The Morgan fingerprint density at radius 1 is 1.12 bits per heavy atom. The lowest BCUT2D eigenvalue weighted by atomic mass is 9.99. The second kappa shape index (κ2) is 4.34. The smallest absolute Gasteiger partial charge is 0.335 e. The molecule has 3 heteroatoms. The van der Waals surface area contributed by atoms with E-state index in [4.69, 9.17) is 5.11 Å². The van der Waals surface area contributed by atoms with E-state index in [0.717, 1.165) is 21.6 Å². The fourth-order valence-electron chi connectivity index (χ4n) is 1.93. The number of hydrogen-bond donors (Lipinski definition) is 1. The lowest BCUT2D eigenvalue weighted by Gasteiger charge is -2.08. The fraction of sp³-hybridized carbons (Fsp3) is 0.214. The monoisotopic (exact) mass is 246 g/mol. The van der Waals surface area contributed by atoms with Gasteiger partial charge in [0.25, 0.3) is 0 Å². The van der Waals surface area contributed by atoms with Gasteiger partial charge in [0, 0.05) is 9.75 Å². The molecule has 0 aliphatic carbocycles. The molecule has 1 heterocycles. The number of carboxylic acids is 1. The third kappa shape index (κ3) is 2.24. The molecule has 2 aromatic rings. The normalized spacial score (nSPS) is 10.5. The first-order valence-electron chi connectivity index (χ1n) is 5.40. The summed E-state index contributed by atoms with van der Waals surface area (Å²) in [6, 6.07) is 7.81. The molecule has 0 spiro atoms. The Labute approximate surface area is 105 Å². The van der Waals surface area contributed by atoms with Crippen molar-refractivity contribution >= 4 is 17.3 Å². The van der Waals surface area contributed by atoms with Gasteiger partial charge in [-0.2, -0.15) is 0 Å². The maximum Gasteiger partial charge on any atom is 0.335 e. The highest BCUT2D eigenvalue weighted by molar-refractivity contribution is 7.15. The summed E-state index contributed by atoms with van der Waals surface area (Å²) in [5.74, 6) is -0.864. The highest BCUT2D eigenvalue weighted by Crippen LogP contribution is 2.32. The number of thiophene rings is 1. The third-order valence-electron chi connectivity index (χ3n) is 2.81. The van der Waals surface area contributed by atoms with Crippen molar-refractivity contribution in [3.8, 4) is 10.4 Å². The van der Waals surface area contributed by atoms with Gasteiger partial charge in [0.05, 0.1) is 5.56 Å². The zero-order chi connectivity index (χ0) is 12.6. The van der Waals surface area contributed by atoms with E-state index < -0.39 is 5.97 Å². The average molecular weight is 246 g/mol. The largest absolute Gasteiger partial charge is 0.478 e. The predicted molar refractivity (Wildman–Crippen MR) is 70.9 cm³/mol. The zero-order valence-electron chi connectivity index (χ0n) is 10.1. The molecule has 0 unspecified atom stereocenters. The zero-order valence-corrected chi connectivity index (χ0v) is 10.9. The maximum absolute atomic E-state index is 11.1. The lowest BCUT2D eigenvalue weighted by Crippen LogP contribution is -2.00. The van der Waals surface area contributed by atoms with Gasteiger partial charge in [-0.25, -0.2) is 4.79 Å². The highest BCUT2D eigenvalue weighted by Gasteiger charge is 2.12. The molecule has 0 amide bonds. The molecular formula is C14H14O2S. The van der Waals surface area contributed by atoms with Crippen LogP contribution in [0.25, 0.3) is 10.4 Å². The molecule has 0 radical (unpaired) electrons. The first kappa shape index (κ1) is 11.9. The van der Waals surface area contributed by atoms with Gasteiger partial charge < -0.3 is 5.11 Å². The molecule has 0 saturated heterocycles. The Morgan fingerprint density at radius 2 is 1.82 bits per heavy atom. The number of hydrogen-bond acceptors (Lipinski definition) is 2. The van der Waals surface area contributed by atoms with Gasteiger partial charge in [0.2, 0.25) is 0 Å². The first-order valence-corrected chi connectivity index (χ1v) is 6.22. The van der Waals surface area contributed by atoms with Crippen LogP contribution in [0.5, 0.6) is 0 Å².